The number of nitrogens with one attached hydrogen (secondary N) is 1. The second kappa shape index (κ2) is 8.13. The topological polar surface area (TPSA) is 35.6 Å². The standard InChI is InChI=1S/C20H31N3O/c1-16(2)23(19-6-4-3-5-7-19)20(24)15-22-12-10-18(11-13-22)21-14-17-8-9-17/h3-7,16-18,21H,8-15H2,1-2H3. The van der Waals surface area contributed by atoms with E-state index in [-0.39, 0.29) is 11.9 Å². The van der Waals surface area contributed by atoms with Crippen LogP contribution in [0.15, 0.2) is 30.3 Å². The highest BCUT2D eigenvalue weighted by molar-refractivity contribution is 5.95. The lowest BCUT2D eigenvalue weighted by atomic mass is 10.0. The quantitative estimate of drug-likeness (QED) is 0.835. The van der Waals surface area contributed by atoms with E-state index in [0.29, 0.717) is 12.6 Å². The van der Waals surface area contributed by atoms with Gasteiger partial charge in [-0.2, -0.15) is 0 Å². The number of hydrogen-bond donors (Lipinski definition) is 1. The van der Waals surface area contributed by atoms with Crippen molar-refractivity contribution in [2.24, 2.45) is 5.92 Å². The van der Waals surface area contributed by atoms with Crippen LogP contribution < -0.4 is 10.2 Å². The molecule has 2 fully saturated rings. The molecule has 2 aliphatic rings. The zero-order valence-electron chi connectivity index (χ0n) is 15.1. The van der Waals surface area contributed by atoms with Gasteiger partial charge < -0.3 is 10.2 Å². The molecule has 1 aromatic carbocycles. The predicted molar refractivity (Wildman–Crippen MR) is 99.3 cm³/mol. The number of piperidine rings is 1. The van der Waals surface area contributed by atoms with E-state index in [2.05, 4.69) is 24.1 Å². The maximum absolute atomic E-state index is 12.8. The molecule has 1 amide bonds. The maximum atomic E-state index is 12.8. The largest absolute Gasteiger partial charge is 0.314 e. The normalized spacial score (nSPS) is 19.6. The molecule has 0 aromatic heterocycles. The molecule has 0 radical (unpaired) electrons. The number of hydrogen-bond acceptors (Lipinski definition) is 3. The number of rotatable bonds is 7. The first-order valence-corrected chi connectivity index (χ1v) is 9.46. The molecule has 4 nitrogen and oxygen atoms in total. The fraction of sp³-hybridized carbons (Fsp3) is 0.650. The van der Waals surface area contributed by atoms with Crippen LogP contribution in [0.5, 0.6) is 0 Å². The van der Waals surface area contributed by atoms with Crippen molar-refractivity contribution in [2.45, 2.75) is 51.6 Å². The Morgan fingerprint density at radius 3 is 2.42 bits per heavy atom. The molecule has 1 heterocycles. The number of nitrogens with zero attached hydrogens (tertiary/aromatic N) is 2. The fourth-order valence-corrected chi connectivity index (χ4v) is 3.54. The van der Waals surface area contributed by atoms with Gasteiger partial charge in [0.25, 0.3) is 0 Å². The highest BCUT2D eigenvalue weighted by Gasteiger charge is 2.26. The second-order valence-electron chi connectivity index (χ2n) is 7.60. The summed E-state index contributed by atoms with van der Waals surface area (Å²) in [5.74, 6) is 1.15. The van der Waals surface area contributed by atoms with Gasteiger partial charge in [0.2, 0.25) is 5.91 Å². The average molecular weight is 329 g/mol. The van der Waals surface area contributed by atoms with Gasteiger partial charge in [0.15, 0.2) is 0 Å². The van der Waals surface area contributed by atoms with Gasteiger partial charge in [-0.05, 0) is 64.1 Å². The molecule has 1 aromatic rings. The van der Waals surface area contributed by atoms with Gasteiger partial charge in [0.1, 0.15) is 0 Å². The van der Waals surface area contributed by atoms with Crippen molar-refractivity contribution in [3.05, 3.63) is 30.3 Å². The van der Waals surface area contributed by atoms with Gasteiger partial charge in [-0.25, -0.2) is 0 Å². The lowest BCUT2D eigenvalue weighted by Crippen LogP contribution is -2.48. The van der Waals surface area contributed by atoms with Crippen molar-refractivity contribution in [2.75, 3.05) is 31.1 Å². The van der Waals surface area contributed by atoms with Crippen molar-refractivity contribution in [1.82, 2.24) is 10.2 Å². The Balaban J connectivity index is 1.48. The van der Waals surface area contributed by atoms with Crippen molar-refractivity contribution in [3.8, 4) is 0 Å². The van der Waals surface area contributed by atoms with E-state index >= 15 is 0 Å². The number of para-hydroxylation sites is 1. The molecule has 3 rings (SSSR count). The third kappa shape index (κ3) is 4.81. The van der Waals surface area contributed by atoms with Crippen LogP contribution in [0.3, 0.4) is 0 Å². The lowest BCUT2D eigenvalue weighted by molar-refractivity contribution is -0.120. The molecule has 1 N–H and O–H groups in total. The molecule has 0 atom stereocenters. The average Bonchev–Trinajstić information content (AvgIpc) is 3.39. The van der Waals surface area contributed by atoms with Gasteiger partial charge in [-0.15, -0.1) is 0 Å². The van der Waals surface area contributed by atoms with Crippen molar-refractivity contribution < 1.29 is 4.79 Å². The second-order valence-corrected chi connectivity index (χ2v) is 7.60. The van der Waals surface area contributed by atoms with E-state index in [1.165, 1.54) is 19.4 Å². The van der Waals surface area contributed by atoms with E-state index in [9.17, 15) is 4.79 Å². The Hall–Kier alpha value is -1.39. The van der Waals surface area contributed by atoms with E-state index in [1.807, 2.05) is 35.2 Å². The SMILES string of the molecule is CC(C)N(C(=O)CN1CCC(NCC2CC2)CC1)c1ccccc1. The molecule has 0 spiro atoms. The number of carbonyl (C=O) groups excluding carboxylic acids is 1. The highest BCUT2D eigenvalue weighted by Crippen LogP contribution is 2.28. The Morgan fingerprint density at radius 1 is 1.17 bits per heavy atom. The molecule has 1 aliphatic heterocycles. The summed E-state index contributed by atoms with van der Waals surface area (Å²) in [4.78, 5) is 17.1. The van der Waals surface area contributed by atoms with Crippen molar-refractivity contribution in [3.63, 3.8) is 0 Å². The predicted octanol–water partition coefficient (Wildman–Crippen LogP) is 2.89. The van der Waals surface area contributed by atoms with Crippen LogP contribution in [0.4, 0.5) is 5.69 Å². The highest BCUT2D eigenvalue weighted by atomic mass is 16.2. The van der Waals surface area contributed by atoms with Gasteiger partial charge in [0.05, 0.1) is 6.54 Å². The van der Waals surface area contributed by atoms with E-state index in [4.69, 9.17) is 0 Å². The Kier molecular flexibility index (Phi) is 5.90. The van der Waals surface area contributed by atoms with E-state index in [1.54, 1.807) is 0 Å². The molecular weight excluding hydrogens is 298 g/mol. The number of amides is 1. The smallest absolute Gasteiger partial charge is 0.241 e. The van der Waals surface area contributed by atoms with Crippen LogP contribution in [0.25, 0.3) is 0 Å². The van der Waals surface area contributed by atoms with Crippen LogP contribution in [-0.4, -0.2) is 49.1 Å². The molecule has 1 aliphatic carbocycles. The molecule has 4 heteroatoms. The van der Waals surface area contributed by atoms with Gasteiger partial charge in [-0.3, -0.25) is 9.69 Å². The Bertz CT molecular complexity index is 519. The molecule has 132 valence electrons. The summed E-state index contributed by atoms with van der Waals surface area (Å²) in [6.07, 6.45) is 5.13. The molecule has 24 heavy (non-hydrogen) atoms. The summed E-state index contributed by atoms with van der Waals surface area (Å²) in [5, 5.41) is 3.70. The summed E-state index contributed by atoms with van der Waals surface area (Å²) in [7, 11) is 0. The van der Waals surface area contributed by atoms with Crippen LogP contribution in [0.2, 0.25) is 0 Å². The molecular formula is C20H31N3O. The van der Waals surface area contributed by atoms with Gasteiger partial charge in [0, 0.05) is 30.9 Å². The minimum atomic E-state index is 0.178. The number of benzene rings is 1. The van der Waals surface area contributed by atoms with Crippen molar-refractivity contribution in [1.29, 1.82) is 0 Å². The number of likely N-dealkylation sites (tertiary alicyclic amines) is 1. The lowest BCUT2D eigenvalue weighted by Gasteiger charge is -2.34. The summed E-state index contributed by atoms with van der Waals surface area (Å²) >= 11 is 0. The van der Waals surface area contributed by atoms with Crippen LogP contribution in [0, 0.1) is 5.92 Å². The zero-order valence-corrected chi connectivity index (χ0v) is 15.1. The minimum Gasteiger partial charge on any atom is -0.314 e. The Morgan fingerprint density at radius 2 is 1.83 bits per heavy atom. The molecule has 1 saturated carbocycles. The molecule has 0 unspecified atom stereocenters. The van der Waals surface area contributed by atoms with Gasteiger partial charge >= 0.3 is 0 Å². The summed E-state index contributed by atoms with van der Waals surface area (Å²) < 4.78 is 0. The Labute approximate surface area is 146 Å². The van der Waals surface area contributed by atoms with Crippen LogP contribution in [-0.2, 0) is 4.79 Å². The first-order valence-electron chi connectivity index (χ1n) is 9.46. The fourth-order valence-electron chi connectivity index (χ4n) is 3.54. The van der Waals surface area contributed by atoms with Crippen molar-refractivity contribution >= 4 is 11.6 Å². The first-order chi connectivity index (χ1) is 11.6. The van der Waals surface area contributed by atoms with E-state index < -0.39 is 0 Å². The first kappa shape index (κ1) is 17.4. The third-order valence-corrected chi connectivity index (χ3v) is 5.16. The zero-order chi connectivity index (χ0) is 16.9. The van der Waals surface area contributed by atoms with Gasteiger partial charge in [-0.1, -0.05) is 18.2 Å². The minimum absolute atomic E-state index is 0.178. The van der Waals surface area contributed by atoms with Crippen LogP contribution >= 0.6 is 0 Å². The molecule has 1 saturated heterocycles. The maximum Gasteiger partial charge on any atom is 0.241 e. The van der Waals surface area contributed by atoms with Crippen LogP contribution in [0.1, 0.15) is 39.5 Å². The summed E-state index contributed by atoms with van der Waals surface area (Å²) in [5.41, 5.74) is 0.999. The third-order valence-electron chi connectivity index (χ3n) is 5.16. The molecule has 0 bridgehead atoms. The number of carbonyl (C=O) groups is 1. The van der Waals surface area contributed by atoms with E-state index in [0.717, 1.165) is 37.5 Å². The summed E-state index contributed by atoms with van der Waals surface area (Å²) in [6.45, 7) is 7.93. The number of anilines is 1. The monoisotopic (exact) mass is 329 g/mol. The summed E-state index contributed by atoms with van der Waals surface area (Å²) in [6, 6.07) is 10.8.